The Morgan fingerprint density at radius 1 is 1.07 bits per heavy atom. The van der Waals surface area contributed by atoms with E-state index in [9.17, 15) is 9.59 Å². The van der Waals surface area contributed by atoms with Crippen LogP contribution in [-0.2, 0) is 9.53 Å². The van der Waals surface area contributed by atoms with Gasteiger partial charge >= 0.3 is 5.97 Å². The van der Waals surface area contributed by atoms with Crippen molar-refractivity contribution in [3.63, 3.8) is 0 Å². The monoisotopic (exact) mass is 688 g/mol. The zero-order valence-electron chi connectivity index (χ0n) is 23.1. The van der Waals surface area contributed by atoms with Gasteiger partial charge in [-0.2, -0.15) is 0 Å². The lowest BCUT2D eigenvalue weighted by Gasteiger charge is -2.23. The number of thiazole rings is 1. The summed E-state index contributed by atoms with van der Waals surface area (Å²) in [5.74, 6) is 4.04. The zero-order chi connectivity index (χ0) is 29.5. The van der Waals surface area contributed by atoms with Gasteiger partial charge in [0.05, 0.1) is 46.6 Å². The number of benzene rings is 2. The molecule has 0 saturated carbocycles. The number of fused-ring (bicyclic) bond motifs is 1. The van der Waals surface area contributed by atoms with Crippen molar-refractivity contribution in [1.82, 2.24) is 4.57 Å². The lowest BCUT2D eigenvalue weighted by Crippen LogP contribution is -2.39. The number of hydrogen-bond donors (Lipinski definition) is 0. The molecule has 0 aliphatic carbocycles. The van der Waals surface area contributed by atoms with Gasteiger partial charge in [-0.05, 0) is 84.8 Å². The second-order valence-electron chi connectivity index (χ2n) is 8.50. The first-order valence-electron chi connectivity index (χ1n) is 12.9. The molecular formula is C30H29IN2O7S. The number of halogens is 1. The van der Waals surface area contributed by atoms with Gasteiger partial charge in [-0.25, -0.2) is 9.79 Å². The zero-order valence-corrected chi connectivity index (χ0v) is 26.0. The van der Waals surface area contributed by atoms with Crippen LogP contribution in [0.3, 0.4) is 0 Å². The predicted molar refractivity (Wildman–Crippen MR) is 165 cm³/mol. The van der Waals surface area contributed by atoms with E-state index in [-0.39, 0.29) is 17.7 Å². The normalized spacial score (nSPS) is 14.3. The van der Waals surface area contributed by atoms with E-state index in [4.69, 9.17) is 30.1 Å². The van der Waals surface area contributed by atoms with E-state index < -0.39 is 12.0 Å². The average molecular weight is 689 g/mol. The third kappa shape index (κ3) is 6.44. The van der Waals surface area contributed by atoms with Gasteiger partial charge in [0.25, 0.3) is 5.56 Å². The van der Waals surface area contributed by atoms with Crippen LogP contribution in [0.2, 0.25) is 0 Å². The van der Waals surface area contributed by atoms with Crippen LogP contribution >= 0.6 is 33.9 Å². The van der Waals surface area contributed by atoms with Crippen molar-refractivity contribution < 1.29 is 28.5 Å². The van der Waals surface area contributed by atoms with E-state index in [2.05, 4.69) is 33.5 Å². The highest BCUT2D eigenvalue weighted by molar-refractivity contribution is 14.1. The van der Waals surface area contributed by atoms with Gasteiger partial charge < -0.3 is 23.7 Å². The summed E-state index contributed by atoms with van der Waals surface area (Å²) in [5, 5.41) is 0. The molecule has 0 spiro atoms. The number of rotatable bonds is 11. The summed E-state index contributed by atoms with van der Waals surface area (Å²) in [6.07, 6.45) is 8.59. The molecule has 11 heteroatoms. The Bertz CT molecular complexity index is 1700. The maximum atomic E-state index is 13.9. The van der Waals surface area contributed by atoms with E-state index in [0.717, 1.165) is 9.13 Å². The maximum Gasteiger partial charge on any atom is 0.337 e. The van der Waals surface area contributed by atoms with Crippen LogP contribution in [0.1, 0.15) is 37.9 Å². The molecule has 4 rings (SSSR count). The molecule has 3 aromatic rings. The first-order chi connectivity index (χ1) is 19.9. The van der Waals surface area contributed by atoms with Crippen LogP contribution in [0.25, 0.3) is 6.08 Å². The number of hydrogen-bond acceptors (Lipinski definition) is 9. The minimum Gasteiger partial charge on any atom is -0.490 e. The summed E-state index contributed by atoms with van der Waals surface area (Å²) in [5.41, 5.74) is 1.31. The quantitative estimate of drug-likeness (QED) is 0.172. The molecule has 0 unspecified atom stereocenters. The van der Waals surface area contributed by atoms with Crippen molar-refractivity contribution in [2.45, 2.75) is 26.8 Å². The first kappa shape index (κ1) is 30.2. The molecule has 0 saturated heterocycles. The lowest BCUT2D eigenvalue weighted by atomic mass is 9.97. The van der Waals surface area contributed by atoms with Gasteiger partial charge in [0, 0.05) is 6.20 Å². The van der Waals surface area contributed by atoms with Crippen molar-refractivity contribution in [2.75, 3.05) is 33.5 Å². The van der Waals surface area contributed by atoms with Crippen LogP contribution in [0.4, 0.5) is 0 Å². The molecule has 2 aromatic carbocycles. The average Bonchev–Trinajstić information content (AvgIpc) is 3.27. The van der Waals surface area contributed by atoms with Crippen molar-refractivity contribution in [1.29, 1.82) is 0 Å². The van der Waals surface area contributed by atoms with Crippen LogP contribution < -0.4 is 33.8 Å². The van der Waals surface area contributed by atoms with Gasteiger partial charge in [0.15, 0.2) is 27.8 Å². The van der Waals surface area contributed by atoms with Crippen molar-refractivity contribution in [3.8, 4) is 35.3 Å². The van der Waals surface area contributed by atoms with Gasteiger partial charge in [-0.1, -0.05) is 23.3 Å². The number of nitrogens with zero attached hydrogens (tertiary/aromatic N) is 2. The number of carbonyl (C=O) groups excluding carboxylic acids is 1. The number of carbonyl (C=O) groups is 1. The van der Waals surface area contributed by atoms with Gasteiger partial charge in [0.2, 0.25) is 0 Å². The van der Waals surface area contributed by atoms with Gasteiger partial charge in [-0.3, -0.25) is 9.36 Å². The number of aromatic nitrogens is 1. The topological polar surface area (TPSA) is 97.6 Å². The standard InChI is InChI=1S/C30H29IN2O7S/c1-6-12-40-27-21(31)13-18(14-24(27)39-9-4)15-25-28(34)33-26(20(29(35)36-5)17-32-30(33)41-25)19-10-11-22(37-7-2)23(16-19)38-8-3/h1,10-11,13-17,26H,7-9,12H2,2-5H3/b25-15-/t26-/m0/s1. The fourth-order valence-corrected chi connectivity index (χ4v) is 6.08. The largest absolute Gasteiger partial charge is 0.490 e. The smallest absolute Gasteiger partial charge is 0.337 e. The maximum absolute atomic E-state index is 13.9. The summed E-state index contributed by atoms with van der Waals surface area (Å²) in [6.45, 7) is 7.04. The van der Waals surface area contributed by atoms with E-state index in [1.807, 2.05) is 32.9 Å². The van der Waals surface area contributed by atoms with Gasteiger partial charge in [0.1, 0.15) is 6.61 Å². The minimum absolute atomic E-state index is 0.104. The first-order valence-corrected chi connectivity index (χ1v) is 14.8. The lowest BCUT2D eigenvalue weighted by molar-refractivity contribution is -0.136. The van der Waals surface area contributed by atoms with E-state index in [1.54, 1.807) is 24.3 Å². The number of esters is 1. The summed E-state index contributed by atoms with van der Waals surface area (Å²) in [4.78, 5) is 31.6. The molecule has 0 radical (unpaired) electrons. The van der Waals surface area contributed by atoms with Crippen LogP contribution in [0, 0.1) is 15.9 Å². The summed E-state index contributed by atoms with van der Waals surface area (Å²) >= 11 is 3.37. The molecule has 1 aliphatic heterocycles. The second-order valence-corrected chi connectivity index (χ2v) is 10.7. The van der Waals surface area contributed by atoms with Crippen LogP contribution in [0.15, 0.2) is 51.9 Å². The molecule has 0 fully saturated rings. The summed E-state index contributed by atoms with van der Waals surface area (Å²) in [6, 6.07) is 8.26. The van der Waals surface area contributed by atoms with Crippen molar-refractivity contribution in [2.24, 2.45) is 4.99 Å². The Hall–Kier alpha value is -3.76. The molecular weight excluding hydrogens is 659 g/mol. The molecule has 1 atom stereocenters. The highest BCUT2D eigenvalue weighted by Gasteiger charge is 2.31. The Balaban J connectivity index is 1.88. The minimum atomic E-state index is -0.783. The number of methoxy groups -OCH3 is 1. The van der Waals surface area contributed by atoms with Gasteiger partial charge in [-0.15, -0.1) is 6.42 Å². The van der Waals surface area contributed by atoms with E-state index >= 15 is 0 Å². The Labute approximate surface area is 255 Å². The van der Waals surface area contributed by atoms with E-state index in [0.29, 0.717) is 57.7 Å². The molecule has 1 aromatic heterocycles. The molecule has 2 heterocycles. The molecule has 0 bridgehead atoms. The SMILES string of the molecule is C#CCOc1c(I)cc(/C=c2\sc3n(c2=O)[C@@H](c2ccc(OCC)c(OCC)c2)C(C(=O)OC)=CN=3)cc1OCC. The molecule has 0 N–H and O–H groups in total. The summed E-state index contributed by atoms with van der Waals surface area (Å²) in [7, 11) is 1.30. The Morgan fingerprint density at radius 3 is 2.46 bits per heavy atom. The fourth-order valence-electron chi connectivity index (χ4n) is 4.33. The molecule has 0 amide bonds. The molecule has 214 valence electrons. The Morgan fingerprint density at radius 2 is 1.78 bits per heavy atom. The molecule has 9 nitrogen and oxygen atoms in total. The Kier molecular flexibility index (Phi) is 10.1. The molecule has 41 heavy (non-hydrogen) atoms. The van der Waals surface area contributed by atoms with Crippen LogP contribution in [0.5, 0.6) is 23.0 Å². The predicted octanol–water partition coefficient (Wildman–Crippen LogP) is 3.83. The molecule has 1 aliphatic rings. The highest BCUT2D eigenvalue weighted by Crippen LogP contribution is 2.36. The van der Waals surface area contributed by atoms with E-state index in [1.165, 1.54) is 29.2 Å². The second kappa shape index (κ2) is 13.7. The number of ether oxygens (including phenoxy) is 5. The van der Waals surface area contributed by atoms with Crippen molar-refractivity contribution >= 4 is 46.0 Å². The third-order valence-corrected chi connectivity index (χ3v) is 7.74. The fraction of sp³-hybridized carbons (Fsp3) is 0.300. The van der Waals surface area contributed by atoms with Crippen LogP contribution in [-0.4, -0.2) is 44.1 Å². The number of terminal acetylenes is 1. The van der Waals surface area contributed by atoms with Crippen molar-refractivity contribution in [3.05, 3.63) is 76.5 Å². The third-order valence-electron chi connectivity index (χ3n) is 5.94. The highest BCUT2D eigenvalue weighted by atomic mass is 127. The summed E-state index contributed by atoms with van der Waals surface area (Å²) < 4.78 is 30.8.